The molecule has 12 heteroatoms. The van der Waals surface area contributed by atoms with Crippen molar-refractivity contribution in [1.82, 2.24) is 20.3 Å². The fourth-order valence-corrected chi connectivity index (χ4v) is 6.92. The van der Waals surface area contributed by atoms with Gasteiger partial charge >= 0.3 is 11.9 Å². The lowest BCUT2D eigenvalue weighted by Crippen LogP contribution is -2.25. The molecular weight excluding hydrogens is 616 g/mol. The van der Waals surface area contributed by atoms with Gasteiger partial charge < -0.3 is 28.4 Å². The number of carboxylic acid groups (broad SMARTS) is 1. The number of methoxy groups -OCH3 is 2. The average molecular weight is 677 g/mol. The molecule has 0 spiro atoms. The van der Waals surface area contributed by atoms with Crippen LogP contribution >= 0.6 is 0 Å². The van der Waals surface area contributed by atoms with Crippen LogP contribution in [0.15, 0.2) is 9.05 Å². The number of carbonyl (C=O) groups excluding carboxylic acids is 1. The molecular formula is C36H60N4O8. The molecule has 2 aliphatic rings. The van der Waals surface area contributed by atoms with Gasteiger partial charge in [-0.25, -0.2) is 0 Å². The average Bonchev–Trinajstić information content (AvgIpc) is 3.71. The summed E-state index contributed by atoms with van der Waals surface area (Å²) in [4.78, 5) is 32.0. The molecule has 4 rings (SSSR count). The van der Waals surface area contributed by atoms with Gasteiger partial charge in [0.05, 0.1) is 12.8 Å². The normalized spacial score (nSPS) is 17.4. The Morgan fingerprint density at radius 1 is 0.750 bits per heavy atom. The van der Waals surface area contributed by atoms with Gasteiger partial charge in [-0.3, -0.25) is 9.59 Å². The maximum atomic E-state index is 12.3. The zero-order valence-corrected chi connectivity index (χ0v) is 30.0. The van der Waals surface area contributed by atoms with E-state index >= 15 is 0 Å². The summed E-state index contributed by atoms with van der Waals surface area (Å²) in [6, 6.07) is 0. The number of aliphatic carboxylic acids is 1. The van der Waals surface area contributed by atoms with E-state index in [1.54, 1.807) is 14.2 Å². The molecule has 0 bridgehead atoms. The Labute approximate surface area is 286 Å². The first-order valence-electron chi connectivity index (χ1n) is 18.1. The van der Waals surface area contributed by atoms with E-state index < -0.39 is 11.6 Å². The van der Waals surface area contributed by atoms with Gasteiger partial charge in [-0.15, -0.1) is 0 Å². The van der Waals surface area contributed by atoms with Gasteiger partial charge in [0.25, 0.3) is 0 Å². The lowest BCUT2D eigenvalue weighted by molar-refractivity contribution is -0.155. The molecule has 2 fully saturated rings. The Kier molecular flexibility index (Phi) is 17.5. The van der Waals surface area contributed by atoms with Gasteiger partial charge in [-0.05, 0) is 45.4 Å². The molecule has 48 heavy (non-hydrogen) atoms. The van der Waals surface area contributed by atoms with Crippen molar-refractivity contribution in [2.75, 3.05) is 14.2 Å². The molecule has 0 radical (unpaired) electrons. The predicted octanol–water partition coefficient (Wildman–Crippen LogP) is 8.31. The van der Waals surface area contributed by atoms with E-state index in [-0.39, 0.29) is 37.3 Å². The van der Waals surface area contributed by atoms with Crippen LogP contribution in [0.4, 0.5) is 0 Å². The third kappa shape index (κ3) is 15.6. The number of carbonyl (C=O) groups is 2. The second-order valence-electron chi connectivity index (χ2n) is 14.6. The smallest absolute Gasteiger partial charge is 0.307 e. The zero-order valence-electron chi connectivity index (χ0n) is 30.0. The Bertz CT molecular complexity index is 1180. The summed E-state index contributed by atoms with van der Waals surface area (Å²) in [5, 5.41) is 16.9. The van der Waals surface area contributed by atoms with Crippen LogP contribution in [0.1, 0.15) is 172 Å². The van der Waals surface area contributed by atoms with E-state index in [1.165, 1.54) is 77.0 Å². The van der Waals surface area contributed by atoms with Crippen LogP contribution < -0.4 is 0 Å². The number of carboxylic acids is 1. The third-order valence-electron chi connectivity index (χ3n) is 9.25. The van der Waals surface area contributed by atoms with Crippen molar-refractivity contribution in [3.8, 4) is 0 Å². The molecule has 0 saturated heterocycles. The monoisotopic (exact) mass is 676 g/mol. The minimum Gasteiger partial charge on any atom is -0.481 e. The van der Waals surface area contributed by atoms with Gasteiger partial charge in [0.2, 0.25) is 11.8 Å². The van der Waals surface area contributed by atoms with E-state index in [9.17, 15) is 9.59 Å². The number of aromatic nitrogens is 4. The van der Waals surface area contributed by atoms with E-state index in [4.69, 9.17) is 28.4 Å². The van der Waals surface area contributed by atoms with Gasteiger partial charge in [-0.2, -0.15) is 9.97 Å². The zero-order chi connectivity index (χ0) is 34.8. The van der Waals surface area contributed by atoms with E-state index in [1.807, 2.05) is 20.8 Å². The van der Waals surface area contributed by atoms with Gasteiger partial charge in [-0.1, -0.05) is 100 Å². The summed E-state index contributed by atoms with van der Waals surface area (Å²) in [5.41, 5.74) is -0.486. The fourth-order valence-electron chi connectivity index (χ4n) is 6.92. The van der Waals surface area contributed by atoms with Crippen LogP contribution in [0, 0.1) is 11.8 Å². The Hall–Kier alpha value is -2.86. The van der Waals surface area contributed by atoms with Crippen LogP contribution in [-0.2, 0) is 37.0 Å². The van der Waals surface area contributed by atoms with E-state index in [0.29, 0.717) is 30.0 Å². The van der Waals surface area contributed by atoms with Crippen LogP contribution in [0.25, 0.3) is 0 Å². The van der Waals surface area contributed by atoms with Crippen molar-refractivity contribution in [1.29, 1.82) is 0 Å². The third-order valence-corrected chi connectivity index (χ3v) is 9.25. The first-order valence-corrected chi connectivity index (χ1v) is 18.1. The molecule has 2 atom stereocenters. The first-order chi connectivity index (χ1) is 23.1. The summed E-state index contributed by atoms with van der Waals surface area (Å²) in [7, 11) is 3.16. The molecule has 12 nitrogen and oxygen atoms in total. The first kappa shape index (κ1) is 39.6. The maximum absolute atomic E-state index is 12.3. The molecule has 2 saturated carbocycles. The Morgan fingerprint density at radius 3 is 1.58 bits per heavy atom. The highest BCUT2D eigenvalue weighted by atomic mass is 16.6. The van der Waals surface area contributed by atoms with Crippen LogP contribution in [0.2, 0.25) is 0 Å². The predicted molar refractivity (Wildman–Crippen MR) is 179 cm³/mol. The van der Waals surface area contributed by atoms with Crippen molar-refractivity contribution >= 4 is 11.9 Å². The van der Waals surface area contributed by atoms with Crippen LogP contribution in [0.3, 0.4) is 0 Å². The van der Waals surface area contributed by atoms with Crippen molar-refractivity contribution in [3.63, 3.8) is 0 Å². The molecule has 0 aliphatic heterocycles. The number of hydrogen-bond acceptors (Lipinski definition) is 11. The largest absolute Gasteiger partial charge is 0.481 e. The molecule has 0 unspecified atom stereocenters. The number of esters is 1. The van der Waals surface area contributed by atoms with Crippen molar-refractivity contribution in [3.05, 3.63) is 23.4 Å². The molecule has 272 valence electrons. The van der Waals surface area contributed by atoms with Crippen molar-refractivity contribution < 1.29 is 38.0 Å². The van der Waals surface area contributed by atoms with Crippen molar-refractivity contribution in [2.45, 2.75) is 167 Å². The second kappa shape index (κ2) is 21.3. The summed E-state index contributed by atoms with van der Waals surface area (Å²) >= 11 is 0. The molecule has 0 amide bonds. The van der Waals surface area contributed by atoms with E-state index in [2.05, 4.69) is 20.3 Å². The lowest BCUT2D eigenvalue weighted by atomic mass is 9.84. The fraction of sp³-hybridized carbons (Fsp3) is 0.833. The standard InChI is InChI=1S/C20H34N2O4.C16H26N2O4/c1-20(2,3)25-18(23)13-16(19-21-17(14-24-4)22-26-19)12-8-11-15-9-6-5-7-10-15;1-21-11-14-17-16(22-18-14)13(10-15(19)20)9-5-8-12-6-3-2-4-7-12/h15-16H,5-14H2,1-4H3;12-13H,2-11H2,1H3,(H,19,20)/t16-;13-/m11/s1. The summed E-state index contributed by atoms with van der Waals surface area (Å²) in [6.45, 7) is 6.24. The molecule has 0 aromatic carbocycles. The topological polar surface area (TPSA) is 160 Å². The SMILES string of the molecule is COCc1noc([C@H](CCCC2CCCCC2)CC(=O)O)n1.COCc1noc([C@H](CCCC2CCCCC2)CC(=O)OC(C)(C)C)n1. The lowest BCUT2D eigenvalue weighted by Gasteiger charge is -2.23. The number of ether oxygens (including phenoxy) is 3. The molecule has 2 heterocycles. The summed E-state index contributed by atoms with van der Waals surface area (Å²) in [6.07, 6.45) is 19.9. The minimum absolute atomic E-state index is 0.0410. The van der Waals surface area contributed by atoms with Crippen LogP contribution in [0.5, 0.6) is 0 Å². The molecule has 1 N–H and O–H groups in total. The number of rotatable bonds is 18. The Balaban J connectivity index is 0.000000264. The van der Waals surface area contributed by atoms with Gasteiger partial charge in [0.1, 0.15) is 18.8 Å². The second-order valence-corrected chi connectivity index (χ2v) is 14.6. The summed E-state index contributed by atoms with van der Waals surface area (Å²) in [5.74, 6) is 2.25. The highest BCUT2D eigenvalue weighted by Crippen LogP contribution is 2.33. The van der Waals surface area contributed by atoms with E-state index in [0.717, 1.165) is 37.5 Å². The number of hydrogen-bond donors (Lipinski definition) is 1. The molecule has 2 aromatic heterocycles. The Morgan fingerprint density at radius 2 is 1.19 bits per heavy atom. The van der Waals surface area contributed by atoms with Crippen molar-refractivity contribution in [2.24, 2.45) is 11.8 Å². The summed E-state index contributed by atoms with van der Waals surface area (Å²) < 4.78 is 26.1. The highest BCUT2D eigenvalue weighted by molar-refractivity contribution is 5.70. The minimum atomic E-state index is -0.825. The van der Waals surface area contributed by atoms with Crippen LogP contribution in [-0.4, -0.2) is 57.1 Å². The number of nitrogens with zero attached hydrogens (tertiary/aromatic N) is 4. The maximum Gasteiger partial charge on any atom is 0.307 e. The van der Waals surface area contributed by atoms with Gasteiger partial charge in [0.15, 0.2) is 11.6 Å². The quantitative estimate of drug-likeness (QED) is 0.151. The van der Waals surface area contributed by atoms with Gasteiger partial charge in [0, 0.05) is 26.1 Å². The molecule has 2 aromatic rings. The molecule has 2 aliphatic carbocycles. The highest BCUT2D eigenvalue weighted by Gasteiger charge is 2.27.